The van der Waals surface area contributed by atoms with E-state index in [-0.39, 0.29) is 10.8 Å². The summed E-state index contributed by atoms with van der Waals surface area (Å²) in [5.41, 5.74) is 17.1. The zero-order valence-electron chi connectivity index (χ0n) is 33.4. The summed E-state index contributed by atoms with van der Waals surface area (Å²) >= 11 is 0. The van der Waals surface area contributed by atoms with Crippen LogP contribution < -0.4 is 9.80 Å². The predicted molar refractivity (Wildman–Crippen MR) is 237 cm³/mol. The van der Waals surface area contributed by atoms with Crippen LogP contribution in [-0.4, -0.2) is 0 Å². The SMILES string of the molecule is c1ccc(N2c3ccccc3C3(c4ccccc42)C2CC4C[C@H](C2)C[C@H]3C4)c(-c2ccccc2N2c3ccccc3C3(c4ccccc42)C2CC4C[C@H](C2)C[C@H]3C4)c1. The molecule has 8 bridgehead atoms. The summed E-state index contributed by atoms with van der Waals surface area (Å²) in [6, 6.07) is 57.0. The van der Waals surface area contributed by atoms with E-state index >= 15 is 0 Å². The van der Waals surface area contributed by atoms with Crippen molar-refractivity contribution in [3.63, 3.8) is 0 Å². The van der Waals surface area contributed by atoms with Gasteiger partial charge in [0.1, 0.15) is 0 Å². The summed E-state index contributed by atoms with van der Waals surface area (Å²) in [5, 5.41) is 0. The van der Waals surface area contributed by atoms with Gasteiger partial charge in [0.25, 0.3) is 0 Å². The molecule has 10 aliphatic rings. The fourth-order valence-corrected chi connectivity index (χ4v) is 16.5. The molecule has 2 nitrogen and oxygen atoms in total. The Kier molecular flexibility index (Phi) is 6.67. The van der Waals surface area contributed by atoms with Crippen LogP contribution in [0.3, 0.4) is 0 Å². The minimum Gasteiger partial charge on any atom is -0.309 e. The second-order valence-corrected chi connectivity index (χ2v) is 20.1. The molecule has 0 aromatic heterocycles. The Labute approximate surface area is 343 Å². The van der Waals surface area contributed by atoms with Crippen molar-refractivity contribution in [2.45, 2.75) is 75.0 Å². The van der Waals surface area contributed by atoms with Crippen molar-refractivity contribution in [1.29, 1.82) is 0 Å². The second-order valence-electron chi connectivity index (χ2n) is 20.1. The number of para-hydroxylation sites is 6. The molecule has 2 heteroatoms. The first-order valence-electron chi connectivity index (χ1n) is 22.9. The van der Waals surface area contributed by atoms with Crippen LogP contribution in [-0.2, 0) is 10.8 Å². The topological polar surface area (TPSA) is 6.48 Å². The van der Waals surface area contributed by atoms with Gasteiger partial charge in [0.05, 0.1) is 34.1 Å². The number of anilines is 6. The lowest BCUT2D eigenvalue weighted by Crippen LogP contribution is -2.57. The maximum absolute atomic E-state index is 2.66. The molecule has 0 unspecified atom stereocenters. The molecule has 0 radical (unpaired) electrons. The van der Waals surface area contributed by atoms with Gasteiger partial charge in [-0.15, -0.1) is 0 Å². The lowest BCUT2D eigenvalue weighted by Gasteiger charge is -2.64. The van der Waals surface area contributed by atoms with Gasteiger partial charge in [-0.25, -0.2) is 0 Å². The van der Waals surface area contributed by atoms with Crippen LogP contribution in [0.2, 0.25) is 0 Å². The summed E-state index contributed by atoms with van der Waals surface area (Å²) in [4.78, 5) is 5.32. The lowest BCUT2D eigenvalue weighted by atomic mass is 9.41. The molecule has 6 aromatic carbocycles. The van der Waals surface area contributed by atoms with E-state index in [9.17, 15) is 0 Å². The molecule has 0 N–H and O–H groups in total. The van der Waals surface area contributed by atoms with Crippen LogP contribution in [0.25, 0.3) is 11.1 Å². The smallest absolute Gasteiger partial charge is 0.0541 e. The molecular weight excluding hydrogens is 701 g/mol. The molecule has 58 heavy (non-hydrogen) atoms. The highest BCUT2D eigenvalue weighted by Crippen LogP contribution is 2.71. The average Bonchev–Trinajstić information content (AvgIpc) is 3.26. The second kappa shape index (κ2) is 11.8. The van der Waals surface area contributed by atoms with Crippen LogP contribution in [0.5, 0.6) is 0 Å². The van der Waals surface area contributed by atoms with Crippen LogP contribution in [0.1, 0.15) is 86.5 Å². The Morgan fingerprint density at radius 1 is 0.276 bits per heavy atom. The Bertz CT molecular complexity index is 2310. The van der Waals surface area contributed by atoms with Crippen molar-refractivity contribution in [2.75, 3.05) is 9.80 Å². The maximum Gasteiger partial charge on any atom is 0.0541 e. The van der Waals surface area contributed by atoms with Crippen LogP contribution >= 0.6 is 0 Å². The molecule has 2 spiro atoms. The minimum atomic E-state index is 0.0963. The zero-order chi connectivity index (χ0) is 37.7. The molecule has 8 aliphatic carbocycles. The van der Waals surface area contributed by atoms with Gasteiger partial charge in [0.15, 0.2) is 0 Å². The van der Waals surface area contributed by atoms with E-state index in [0.29, 0.717) is 0 Å². The summed E-state index contributed by atoms with van der Waals surface area (Å²) in [6.07, 6.45) is 14.1. The molecule has 2 heterocycles. The quantitative estimate of drug-likeness (QED) is 0.178. The Morgan fingerprint density at radius 2 is 0.517 bits per heavy atom. The van der Waals surface area contributed by atoms with Crippen molar-refractivity contribution >= 4 is 34.1 Å². The van der Waals surface area contributed by atoms with E-state index in [2.05, 4.69) is 155 Å². The highest BCUT2D eigenvalue weighted by molar-refractivity contribution is 5.99. The van der Waals surface area contributed by atoms with E-state index < -0.39 is 0 Å². The zero-order valence-corrected chi connectivity index (χ0v) is 33.4. The van der Waals surface area contributed by atoms with Gasteiger partial charge in [-0.05, 0) is 170 Å². The monoisotopic (exact) mass is 752 g/mol. The molecule has 6 aromatic rings. The van der Waals surface area contributed by atoms with E-state index in [1.807, 2.05) is 0 Å². The number of hydrogen-bond acceptors (Lipinski definition) is 2. The number of rotatable bonds is 3. The highest BCUT2D eigenvalue weighted by atomic mass is 15.2. The highest BCUT2D eigenvalue weighted by Gasteiger charge is 2.63. The van der Waals surface area contributed by atoms with Gasteiger partial charge >= 0.3 is 0 Å². The van der Waals surface area contributed by atoms with E-state index in [0.717, 1.165) is 47.3 Å². The fraction of sp³-hybridized carbons (Fsp3) is 0.357. The van der Waals surface area contributed by atoms with Crippen molar-refractivity contribution in [2.24, 2.45) is 47.3 Å². The third-order valence-electron chi connectivity index (χ3n) is 17.8. The summed E-state index contributed by atoms with van der Waals surface area (Å²) in [7, 11) is 0. The molecular formula is C56H52N2. The molecule has 0 atom stereocenters. The van der Waals surface area contributed by atoms with Gasteiger partial charge < -0.3 is 9.80 Å². The van der Waals surface area contributed by atoms with Crippen molar-refractivity contribution in [1.82, 2.24) is 0 Å². The van der Waals surface area contributed by atoms with E-state index in [1.165, 1.54) is 109 Å². The minimum absolute atomic E-state index is 0.0963. The Hall–Kier alpha value is -5.08. The van der Waals surface area contributed by atoms with Crippen LogP contribution in [0.15, 0.2) is 146 Å². The summed E-state index contributed by atoms with van der Waals surface area (Å²) in [6.45, 7) is 0. The maximum atomic E-state index is 2.66. The Morgan fingerprint density at radius 3 is 0.810 bits per heavy atom. The lowest BCUT2D eigenvalue weighted by molar-refractivity contribution is -0.0419. The van der Waals surface area contributed by atoms with E-state index in [4.69, 9.17) is 0 Å². The summed E-state index contributed by atoms with van der Waals surface area (Å²) < 4.78 is 0. The first-order chi connectivity index (χ1) is 28.7. The normalized spacial score (nSPS) is 30.6. The Balaban J connectivity index is 0.964. The van der Waals surface area contributed by atoms with Gasteiger partial charge in [-0.2, -0.15) is 0 Å². The number of benzene rings is 6. The fourth-order valence-electron chi connectivity index (χ4n) is 16.5. The van der Waals surface area contributed by atoms with Gasteiger partial charge in [0.2, 0.25) is 0 Å². The molecule has 8 fully saturated rings. The number of fused-ring (bicyclic) bond motifs is 4. The molecule has 8 saturated carbocycles. The van der Waals surface area contributed by atoms with Gasteiger partial charge in [-0.3, -0.25) is 0 Å². The largest absolute Gasteiger partial charge is 0.309 e. The van der Waals surface area contributed by atoms with E-state index in [1.54, 1.807) is 22.3 Å². The predicted octanol–water partition coefficient (Wildman–Crippen LogP) is 14.4. The molecule has 0 amide bonds. The van der Waals surface area contributed by atoms with Crippen molar-refractivity contribution in [3.05, 3.63) is 168 Å². The van der Waals surface area contributed by atoms with Crippen molar-refractivity contribution in [3.8, 4) is 11.1 Å². The summed E-state index contributed by atoms with van der Waals surface area (Å²) in [5.74, 6) is 6.58. The van der Waals surface area contributed by atoms with Crippen molar-refractivity contribution < 1.29 is 0 Å². The van der Waals surface area contributed by atoms with Crippen LogP contribution in [0.4, 0.5) is 34.1 Å². The van der Waals surface area contributed by atoms with Gasteiger partial charge in [-0.1, -0.05) is 109 Å². The third kappa shape index (κ3) is 4.05. The standard InChI is InChI=1S/C56H52N2/c1-7-19-49(57-51-21-9-3-15-45(51)55(46-16-4-10-22-52(46)57)39-27-35-25-36(29-39)30-40(55)28-35)43(13-1)44-14-2-8-20-50(44)58-53-23-11-5-17-47(53)56(48-18-6-12-24-54(48)58)41-31-37-26-38(33-41)34-42(56)32-37/h1-24,35-42H,25-34H2/t35-,36?,37-,38?,39-,40?,41-,42?/m0/s1. The van der Waals surface area contributed by atoms with Gasteiger partial charge in [0, 0.05) is 22.0 Å². The first-order valence-corrected chi connectivity index (χ1v) is 22.9. The molecule has 286 valence electrons. The molecule has 2 aliphatic heterocycles. The van der Waals surface area contributed by atoms with Crippen LogP contribution in [0, 0.1) is 47.3 Å². The molecule has 0 saturated heterocycles. The first kappa shape index (κ1) is 32.8. The molecule has 16 rings (SSSR count). The average molecular weight is 753 g/mol. The number of hydrogen-bond donors (Lipinski definition) is 0. The third-order valence-corrected chi connectivity index (χ3v) is 17.8. The number of nitrogens with zero attached hydrogens (tertiary/aromatic N) is 2.